The Morgan fingerprint density at radius 1 is 1.32 bits per heavy atom. The van der Waals surface area contributed by atoms with Crippen LogP contribution in [-0.4, -0.2) is 48.9 Å². The summed E-state index contributed by atoms with van der Waals surface area (Å²) in [6.45, 7) is 4.69. The van der Waals surface area contributed by atoms with Crippen LogP contribution >= 0.6 is 0 Å². The highest BCUT2D eigenvalue weighted by molar-refractivity contribution is 6.03. The molecule has 1 unspecified atom stereocenters. The van der Waals surface area contributed by atoms with Crippen LogP contribution in [0, 0.1) is 0 Å². The Morgan fingerprint density at radius 3 is 2.55 bits per heavy atom. The lowest BCUT2D eigenvalue weighted by Crippen LogP contribution is -2.52. The van der Waals surface area contributed by atoms with E-state index in [1.807, 2.05) is 44.4 Å². The number of benzene rings is 1. The molecule has 0 saturated carbocycles. The van der Waals surface area contributed by atoms with Gasteiger partial charge in [-0.25, -0.2) is 0 Å². The molecular weight excluding hydrogens is 278 g/mol. The molecule has 22 heavy (non-hydrogen) atoms. The third-order valence-electron chi connectivity index (χ3n) is 4.45. The summed E-state index contributed by atoms with van der Waals surface area (Å²) >= 11 is 0. The lowest BCUT2D eigenvalue weighted by molar-refractivity contribution is -0.124. The molecule has 2 rings (SSSR count). The van der Waals surface area contributed by atoms with Gasteiger partial charge in [-0.15, -0.1) is 0 Å². The number of rotatable bonds is 5. The molecule has 0 aromatic heterocycles. The van der Waals surface area contributed by atoms with Crippen molar-refractivity contribution in [3.63, 3.8) is 0 Å². The minimum absolute atomic E-state index is 0.0122. The molecule has 0 spiro atoms. The molecule has 5 heteroatoms. The minimum atomic E-state index is -0.409. The van der Waals surface area contributed by atoms with Gasteiger partial charge in [-0.2, -0.15) is 0 Å². The minimum Gasteiger partial charge on any atom is -0.352 e. The Bertz CT molecular complexity index is 540. The maximum absolute atomic E-state index is 12.5. The van der Waals surface area contributed by atoms with Gasteiger partial charge in [0.2, 0.25) is 11.8 Å². The van der Waals surface area contributed by atoms with Crippen LogP contribution in [0.4, 0.5) is 5.69 Å². The smallest absolute Gasteiger partial charge is 0.243 e. The molecule has 1 saturated heterocycles. The van der Waals surface area contributed by atoms with Gasteiger partial charge in [-0.3, -0.25) is 14.5 Å². The van der Waals surface area contributed by atoms with Gasteiger partial charge in [0, 0.05) is 24.2 Å². The monoisotopic (exact) mass is 303 g/mol. The van der Waals surface area contributed by atoms with Crippen LogP contribution in [0.2, 0.25) is 0 Å². The lowest BCUT2D eigenvalue weighted by atomic mass is 10.0. The summed E-state index contributed by atoms with van der Waals surface area (Å²) < 4.78 is 0. The topological polar surface area (TPSA) is 52.7 Å². The van der Waals surface area contributed by atoms with Crippen LogP contribution < -0.4 is 10.2 Å². The molecule has 0 bridgehead atoms. The largest absolute Gasteiger partial charge is 0.352 e. The molecule has 0 aliphatic carbocycles. The highest BCUT2D eigenvalue weighted by atomic mass is 16.2. The second kappa shape index (κ2) is 6.48. The van der Waals surface area contributed by atoms with E-state index >= 15 is 0 Å². The standard InChI is InChI=1S/C17H25N3O2/c1-17(2,19(3)4)12-18-16(22)14-10-11-15(21)20(14)13-8-6-5-7-9-13/h5-9,14H,10-12H2,1-4H3,(H,18,22). The summed E-state index contributed by atoms with van der Waals surface area (Å²) in [4.78, 5) is 28.4. The Balaban J connectivity index is 2.07. The molecule has 0 radical (unpaired) electrons. The van der Waals surface area contributed by atoms with Gasteiger partial charge in [0.25, 0.3) is 0 Å². The zero-order chi connectivity index (χ0) is 16.3. The number of anilines is 1. The Hall–Kier alpha value is -1.88. The molecule has 2 amide bonds. The van der Waals surface area contributed by atoms with Crippen molar-refractivity contribution in [1.29, 1.82) is 0 Å². The average Bonchev–Trinajstić information content (AvgIpc) is 2.87. The van der Waals surface area contributed by atoms with Crippen molar-refractivity contribution in [2.45, 2.75) is 38.3 Å². The van der Waals surface area contributed by atoms with Crippen molar-refractivity contribution in [2.75, 3.05) is 25.5 Å². The van der Waals surface area contributed by atoms with Crippen LogP contribution in [0.1, 0.15) is 26.7 Å². The van der Waals surface area contributed by atoms with Gasteiger partial charge in [0.05, 0.1) is 0 Å². The molecule has 1 N–H and O–H groups in total. The van der Waals surface area contributed by atoms with E-state index in [2.05, 4.69) is 24.1 Å². The first-order chi connectivity index (χ1) is 10.3. The fourth-order valence-corrected chi connectivity index (χ4v) is 2.42. The molecule has 1 aliphatic rings. The first-order valence-electron chi connectivity index (χ1n) is 7.65. The summed E-state index contributed by atoms with van der Waals surface area (Å²) in [5.41, 5.74) is 0.660. The molecular formula is C17H25N3O2. The van der Waals surface area contributed by atoms with E-state index in [0.717, 1.165) is 5.69 Å². The molecule has 120 valence electrons. The second-order valence-corrected chi connectivity index (χ2v) is 6.58. The quantitative estimate of drug-likeness (QED) is 0.899. The van der Waals surface area contributed by atoms with Crippen molar-refractivity contribution >= 4 is 17.5 Å². The van der Waals surface area contributed by atoms with Gasteiger partial charge in [-0.05, 0) is 46.5 Å². The number of carbonyl (C=O) groups excluding carboxylic acids is 2. The molecule has 1 aromatic rings. The molecule has 1 fully saturated rings. The Labute approximate surface area is 132 Å². The maximum Gasteiger partial charge on any atom is 0.243 e. The number of carbonyl (C=O) groups is 2. The number of likely N-dealkylation sites (N-methyl/N-ethyl adjacent to an activating group) is 1. The van der Waals surface area contributed by atoms with Gasteiger partial charge < -0.3 is 10.2 Å². The van der Waals surface area contributed by atoms with E-state index in [1.165, 1.54) is 0 Å². The van der Waals surface area contributed by atoms with Crippen LogP contribution in [0.25, 0.3) is 0 Å². The second-order valence-electron chi connectivity index (χ2n) is 6.58. The predicted octanol–water partition coefficient (Wildman–Crippen LogP) is 1.64. The highest BCUT2D eigenvalue weighted by Gasteiger charge is 2.37. The fraction of sp³-hybridized carbons (Fsp3) is 0.529. The van der Waals surface area contributed by atoms with Gasteiger partial charge >= 0.3 is 0 Å². The van der Waals surface area contributed by atoms with E-state index in [9.17, 15) is 9.59 Å². The number of nitrogens with zero attached hydrogens (tertiary/aromatic N) is 2. The Kier molecular flexibility index (Phi) is 4.86. The van der Waals surface area contributed by atoms with E-state index in [0.29, 0.717) is 19.4 Å². The van der Waals surface area contributed by atoms with E-state index in [4.69, 9.17) is 0 Å². The molecule has 1 atom stereocenters. The summed E-state index contributed by atoms with van der Waals surface area (Å²) in [6, 6.07) is 8.99. The molecule has 1 aliphatic heterocycles. The van der Waals surface area contributed by atoms with Gasteiger partial charge in [0.15, 0.2) is 0 Å². The van der Waals surface area contributed by atoms with Crippen LogP contribution in [0.5, 0.6) is 0 Å². The first kappa shape index (κ1) is 16.5. The first-order valence-corrected chi connectivity index (χ1v) is 7.65. The normalized spacial score (nSPS) is 18.9. The number of hydrogen-bond donors (Lipinski definition) is 1. The highest BCUT2D eigenvalue weighted by Crippen LogP contribution is 2.26. The van der Waals surface area contributed by atoms with Gasteiger partial charge in [0.1, 0.15) is 6.04 Å². The van der Waals surface area contributed by atoms with E-state index in [1.54, 1.807) is 4.90 Å². The van der Waals surface area contributed by atoms with Crippen molar-refractivity contribution in [1.82, 2.24) is 10.2 Å². The van der Waals surface area contributed by atoms with Crippen molar-refractivity contribution < 1.29 is 9.59 Å². The number of para-hydroxylation sites is 1. The maximum atomic E-state index is 12.5. The SMILES string of the molecule is CN(C)C(C)(C)CNC(=O)C1CCC(=O)N1c1ccccc1. The third-order valence-corrected chi connectivity index (χ3v) is 4.45. The summed E-state index contributed by atoms with van der Waals surface area (Å²) in [5, 5.41) is 2.99. The zero-order valence-corrected chi connectivity index (χ0v) is 13.8. The van der Waals surface area contributed by atoms with Crippen LogP contribution in [-0.2, 0) is 9.59 Å². The zero-order valence-electron chi connectivity index (χ0n) is 13.8. The number of nitrogens with one attached hydrogen (secondary N) is 1. The van der Waals surface area contributed by atoms with Crippen molar-refractivity contribution in [3.05, 3.63) is 30.3 Å². The molecule has 5 nitrogen and oxygen atoms in total. The molecule has 1 heterocycles. The summed E-state index contributed by atoms with van der Waals surface area (Å²) in [5.74, 6) is -0.0668. The average molecular weight is 303 g/mol. The van der Waals surface area contributed by atoms with Crippen LogP contribution in [0.3, 0.4) is 0 Å². The van der Waals surface area contributed by atoms with Crippen LogP contribution in [0.15, 0.2) is 30.3 Å². The van der Waals surface area contributed by atoms with E-state index < -0.39 is 6.04 Å². The van der Waals surface area contributed by atoms with Gasteiger partial charge in [-0.1, -0.05) is 18.2 Å². The Morgan fingerprint density at radius 2 is 1.95 bits per heavy atom. The third kappa shape index (κ3) is 3.47. The fourth-order valence-electron chi connectivity index (χ4n) is 2.42. The number of hydrogen-bond acceptors (Lipinski definition) is 3. The summed E-state index contributed by atoms with van der Waals surface area (Å²) in [7, 11) is 3.98. The lowest BCUT2D eigenvalue weighted by Gasteiger charge is -2.33. The van der Waals surface area contributed by atoms with E-state index in [-0.39, 0.29) is 17.4 Å². The predicted molar refractivity (Wildman–Crippen MR) is 87.7 cm³/mol. The van der Waals surface area contributed by atoms with Crippen molar-refractivity contribution in [3.8, 4) is 0 Å². The van der Waals surface area contributed by atoms with Crippen molar-refractivity contribution in [2.24, 2.45) is 0 Å². The molecule has 1 aromatic carbocycles. The summed E-state index contributed by atoms with van der Waals surface area (Å²) in [6.07, 6.45) is 0.992. The number of amides is 2.